The number of halogens is 1. The van der Waals surface area contributed by atoms with Crippen molar-refractivity contribution in [2.24, 2.45) is 5.92 Å². The van der Waals surface area contributed by atoms with Crippen LogP contribution in [0.1, 0.15) is 51.9 Å². The standard InChI is InChI=1S/C12H21BrO/c1-9-6-7-11(14-9)8-10-4-2-3-5-12(10)13/h9-12H,2-8H2,1H3. The zero-order valence-electron chi connectivity index (χ0n) is 9.05. The lowest BCUT2D eigenvalue weighted by molar-refractivity contribution is 0.0380. The number of hydrogen-bond acceptors (Lipinski definition) is 1. The van der Waals surface area contributed by atoms with Gasteiger partial charge >= 0.3 is 0 Å². The van der Waals surface area contributed by atoms with E-state index in [1.54, 1.807) is 0 Å². The molecule has 0 aromatic carbocycles. The monoisotopic (exact) mass is 260 g/mol. The first-order valence-electron chi connectivity index (χ1n) is 6.05. The average molecular weight is 261 g/mol. The highest BCUT2D eigenvalue weighted by Gasteiger charge is 2.29. The topological polar surface area (TPSA) is 9.23 Å². The van der Waals surface area contributed by atoms with Gasteiger partial charge in [0.05, 0.1) is 12.2 Å². The molecule has 0 aromatic heterocycles. The minimum absolute atomic E-state index is 0.511. The molecule has 2 heteroatoms. The number of hydrogen-bond donors (Lipinski definition) is 0. The summed E-state index contributed by atoms with van der Waals surface area (Å²) in [6, 6.07) is 0. The van der Waals surface area contributed by atoms with Gasteiger partial charge in [0.25, 0.3) is 0 Å². The van der Waals surface area contributed by atoms with Crippen molar-refractivity contribution < 1.29 is 4.74 Å². The van der Waals surface area contributed by atoms with Crippen LogP contribution in [0.15, 0.2) is 0 Å². The van der Waals surface area contributed by atoms with Crippen molar-refractivity contribution in [3.05, 3.63) is 0 Å². The quantitative estimate of drug-likeness (QED) is 0.685. The predicted octanol–water partition coefficient (Wildman–Crippen LogP) is 3.90. The summed E-state index contributed by atoms with van der Waals surface area (Å²) in [5, 5.41) is 0. The fraction of sp³-hybridized carbons (Fsp3) is 1.00. The zero-order valence-corrected chi connectivity index (χ0v) is 10.6. The largest absolute Gasteiger partial charge is 0.375 e. The summed E-state index contributed by atoms with van der Waals surface area (Å²) < 4.78 is 5.89. The van der Waals surface area contributed by atoms with Crippen LogP contribution in [0.25, 0.3) is 0 Å². The Hall–Kier alpha value is 0.440. The highest BCUT2D eigenvalue weighted by molar-refractivity contribution is 9.09. The van der Waals surface area contributed by atoms with Crippen molar-refractivity contribution in [1.82, 2.24) is 0 Å². The maximum absolute atomic E-state index is 5.89. The van der Waals surface area contributed by atoms with Crippen molar-refractivity contribution in [3.63, 3.8) is 0 Å². The van der Waals surface area contributed by atoms with Crippen LogP contribution in [0.5, 0.6) is 0 Å². The fourth-order valence-electron chi connectivity index (χ4n) is 2.82. The minimum Gasteiger partial charge on any atom is -0.375 e. The van der Waals surface area contributed by atoms with Crippen molar-refractivity contribution >= 4 is 15.9 Å². The lowest BCUT2D eigenvalue weighted by Gasteiger charge is -2.29. The van der Waals surface area contributed by atoms with Crippen LogP contribution >= 0.6 is 15.9 Å². The van der Waals surface area contributed by atoms with Crippen LogP contribution < -0.4 is 0 Å². The smallest absolute Gasteiger partial charge is 0.0582 e. The van der Waals surface area contributed by atoms with Gasteiger partial charge in [0.15, 0.2) is 0 Å². The van der Waals surface area contributed by atoms with E-state index in [9.17, 15) is 0 Å². The van der Waals surface area contributed by atoms with Gasteiger partial charge in [0, 0.05) is 4.83 Å². The van der Waals surface area contributed by atoms with E-state index in [-0.39, 0.29) is 0 Å². The molecule has 2 fully saturated rings. The molecule has 1 saturated heterocycles. The second kappa shape index (κ2) is 4.98. The van der Waals surface area contributed by atoms with Crippen LogP contribution in [0.3, 0.4) is 0 Å². The molecule has 4 unspecified atom stereocenters. The molecular weight excluding hydrogens is 240 g/mol. The molecule has 0 radical (unpaired) electrons. The SMILES string of the molecule is CC1CCC(CC2CCCCC2Br)O1. The second-order valence-electron chi connectivity index (χ2n) is 4.94. The maximum Gasteiger partial charge on any atom is 0.0582 e. The van der Waals surface area contributed by atoms with Crippen molar-refractivity contribution in [2.75, 3.05) is 0 Å². The Morgan fingerprint density at radius 1 is 1.14 bits per heavy atom. The van der Waals surface area contributed by atoms with Gasteiger partial charge in [0.2, 0.25) is 0 Å². The van der Waals surface area contributed by atoms with E-state index in [0.717, 1.165) is 10.7 Å². The molecule has 0 amide bonds. The van der Waals surface area contributed by atoms with Gasteiger partial charge in [-0.05, 0) is 44.9 Å². The summed E-state index contributed by atoms with van der Waals surface area (Å²) in [6.45, 7) is 2.20. The number of rotatable bonds is 2. The third-order valence-corrected chi connectivity index (χ3v) is 4.91. The molecule has 0 spiro atoms. The van der Waals surface area contributed by atoms with Gasteiger partial charge in [-0.3, -0.25) is 0 Å². The summed E-state index contributed by atoms with van der Waals surface area (Å²) in [5.74, 6) is 0.874. The first-order valence-corrected chi connectivity index (χ1v) is 6.97. The highest BCUT2D eigenvalue weighted by Crippen LogP contribution is 2.35. The molecule has 1 aliphatic carbocycles. The summed E-state index contributed by atoms with van der Waals surface area (Å²) >= 11 is 3.82. The van der Waals surface area contributed by atoms with E-state index in [2.05, 4.69) is 22.9 Å². The van der Waals surface area contributed by atoms with E-state index in [4.69, 9.17) is 4.74 Å². The molecule has 0 bridgehead atoms. The molecule has 2 rings (SSSR count). The van der Waals surface area contributed by atoms with Gasteiger partial charge in [0.1, 0.15) is 0 Å². The summed E-state index contributed by atoms with van der Waals surface area (Å²) in [7, 11) is 0. The van der Waals surface area contributed by atoms with Crippen LogP contribution in [0, 0.1) is 5.92 Å². The summed E-state index contributed by atoms with van der Waals surface area (Å²) in [5.41, 5.74) is 0. The van der Waals surface area contributed by atoms with Crippen molar-refractivity contribution in [1.29, 1.82) is 0 Å². The Morgan fingerprint density at radius 3 is 2.57 bits per heavy atom. The fourth-order valence-corrected chi connectivity index (χ4v) is 3.63. The van der Waals surface area contributed by atoms with Gasteiger partial charge in [-0.15, -0.1) is 0 Å². The molecule has 1 heterocycles. The number of alkyl halides is 1. The number of ether oxygens (including phenoxy) is 1. The van der Waals surface area contributed by atoms with Crippen LogP contribution in [0.4, 0.5) is 0 Å². The van der Waals surface area contributed by atoms with Gasteiger partial charge < -0.3 is 4.74 Å². The van der Waals surface area contributed by atoms with E-state index in [0.29, 0.717) is 12.2 Å². The van der Waals surface area contributed by atoms with Gasteiger partial charge in [-0.25, -0.2) is 0 Å². The lowest BCUT2D eigenvalue weighted by Crippen LogP contribution is -2.24. The molecule has 1 aliphatic heterocycles. The average Bonchev–Trinajstić information content (AvgIpc) is 2.56. The van der Waals surface area contributed by atoms with Crippen molar-refractivity contribution in [3.8, 4) is 0 Å². The Balaban J connectivity index is 1.78. The second-order valence-corrected chi connectivity index (χ2v) is 6.12. The van der Waals surface area contributed by atoms with E-state index in [1.807, 2.05) is 0 Å². The Morgan fingerprint density at radius 2 is 1.93 bits per heavy atom. The Bertz CT molecular complexity index is 183. The normalized spacial score (nSPS) is 44.1. The molecule has 0 N–H and O–H groups in total. The highest BCUT2D eigenvalue weighted by atomic mass is 79.9. The lowest BCUT2D eigenvalue weighted by atomic mass is 9.85. The molecule has 82 valence electrons. The van der Waals surface area contributed by atoms with Crippen LogP contribution in [-0.4, -0.2) is 17.0 Å². The molecular formula is C12H21BrO. The Kier molecular flexibility index (Phi) is 3.89. The first-order chi connectivity index (χ1) is 6.75. The Labute approximate surface area is 95.7 Å². The van der Waals surface area contributed by atoms with E-state index >= 15 is 0 Å². The molecule has 1 nitrogen and oxygen atoms in total. The predicted molar refractivity (Wildman–Crippen MR) is 62.9 cm³/mol. The van der Waals surface area contributed by atoms with E-state index < -0.39 is 0 Å². The molecule has 14 heavy (non-hydrogen) atoms. The van der Waals surface area contributed by atoms with Crippen LogP contribution in [0.2, 0.25) is 0 Å². The molecule has 4 atom stereocenters. The van der Waals surface area contributed by atoms with E-state index in [1.165, 1.54) is 44.9 Å². The maximum atomic E-state index is 5.89. The third kappa shape index (κ3) is 2.73. The van der Waals surface area contributed by atoms with Gasteiger partial charge in [-0.1, -0.05) is 28.8 Å². The first kappa shape index (κ1) is 10.9. The summed E-state index contributed by atoms with van der Waals surface area (Å²) in [4.78, 5) is 0.760. The van der Waals surface area contributed by atoms with Crippen LogP contribution in [-0.2, 0) is 4.74 Å². The van der Waals surface area contributed by atoms with Gasteiger partial charge in [-0.2, -0.15) is 0 Å². The van der Waals surface area contributed by atoms with Crippen molar-refractivity contribution in [2.45, 2.75) is 68.9 Å². The minimum atomic E-state index is 0.511. The summed E-state index contributed by atoms with van der Waals surface area (Å²) in [6.07, 6.45) is 10.5. The zero-order chi connectivity index (χ0) is 9.97. The third-order valence-electron chi connectivity index (χ3n) is 3.70. The molecule has 1 saturated carbocycles. The molecule has 2 aliphatic rings. The molecule has 0 aromatic rings.